The number of benzene rings is 1. The molecular weight excluding hydrogens is 244 g/mol. The molecule has 1 heterocycles. The predicted octanol–water partition coefficient (Wildman–Crippen LogP) is 2.36. The van der Waals surface area contributed by atoms with Gasteiger partial charge in [-0.1, -0.05) is 0 Å². The van der Waals surface area contributed by atoms with E-state index in [1.54, 1.807) is 7.11 Å². The van der Waals surface area contributed by atoms with E-state index in [0.717, 1.165) is 28.0 Å². The van der Waals surface area contributed by atoms with Gasteiger partial charge in [0, 0.05) is 0 Å². The molecule has 4 nitrogen and oxygen atoms in total. The molecule has 0 saturated carbocycles. The fraction of sp³-hybridized carbons (Fsp3) is 0.533. The number of rotatable bonds is 4. The van der Waals surface area contributed by atoms with Gasteiger partial charge in [-0.25, -0.2) is 0 Å². The average molecular weight is 264 g/mol. The number of ether oxygens (including phenoxy) is 2. The molecule has 1 fully saturated rings. The molecule has 0 amide bonds. The lowest BCUT2D eigenvalue weighted by molar-refractivity contribution is -0.145. The molecule has 0 atom stereocenters. The molecule has 4 heteroatoms. The van der Waals surface area contributed by atoms with E-state index in [4.69, 9.17) is 14.6 Å². The van der Waals surface area contributed by atoms with Crippen molar-refractivity contribution in [1.82, 2.24) is 0 Å². The van der Waals surface area contributed by atoms with E-state index < -0.39 is 5.97 Å². The van der Waals surface area contributed by atoms with Crippen LogP contribution in [0.2, 0.25) is 0 Å². The van der Waals surface area contributed by atoms with Gasteiger partial charge in [0.1, 0.15) is 5.75 Å². The van der Waals surface area contributed by atoms with Crippen LogP contribution in [0.15, 0.2) is 6.07 Å². The van der Waals surface area contributed by atoms with Crippen LogP contribution in [0.1, 0.15) is 28.7 Å². The van der Waals surface area contributed by atoms with Crippen molar-refractivity contribution in [1.29, 1.82) is 0 Å². The fourth-order valence-electron chi connectivity index (χ4n) is 3.05. The Morgan fingerprint density at radius 2 is 2.00 bits per heavy atom. The van der Waals surface area contributed by atoms with Gasteiger partial charge in [0.05, 0.1) is 32.2 Å². The van der Waals surface area contributed by atoms with Crippen molar-refractivity contribution in [2.75, 3.05) is 20.3 Å². The summed E-state index contributed by atoms with van der Waals surface area (Å²) in [7, 11) is 1.65. The largest absolute Gasteiger partial charge is 0.496 e. The van der Waals surface area contributed by atoms with Crippen molar-refractivity contribution >= 4 is 5.97 Å². The minimum atomic E-state index is -0.782. The van der Waals surface area contributed by atoms with Gasteiger partial charge in [0.2, 0.25) is 0 Å². The van der Waals surface area contributed by atoms with Crippen LogP contribution in [0.3, 0.4) is 0 Å². The lowest BCUT2D eigenvalue weighted by atomic mass is 9.71. The lowest BCUT2D eigenvalue weighted by Crippen LogP contribution is -2.49. The topological polar surface area (TPSA) is 55.8 Å². The van der Waals surface area contributed by atoms with Crippen LogP contribution in [0.5, 0.6) is 5.75 Å². The Kier molecular flexibility index (Phi) is 3.54. The lowest BCUT2D eigenvalue weighted by Gasteiger charge is -2.43. The highest BCUT2D eigenvalue weighted by molar-refractivity contribution is 5.70. The highest BCUT2D eigenvalue weighted by Crippen LogP contribution is 2.42. The van der Waals surface area contributed by atoms with E-state index in [1.807, 2.05) is 26.8 Å². The van der Waals surface area contributed by atoms with Crippen LogP contribution in [0.4, 0.5) is 0 Å². The number of carboxylic acid groups (broad SMARTS) is 1. The molecule has 19 heavy (non-hydrogen) atoms. The number of carbonyl (C=O) groups is 1. The summed E-state index contributed by atoms with van der Waals surface area (Å²) in [6.45, 7) is 7.00. The molecule has 1 aliphatic rings. The summed E-state index contributed by atoms with van der Waals surface area (Å²) < 4.78 is 10.7. The van der Waals surface area contributed by atoms with E-state index in [2.05, 4.69) is 0 Å². The van der Waals surface area contributed by atoms with Crippen LogP contribution in [-0.4, -0.2) is 31.4 Å². The summed E-state index contributed by atoms with van der Waals surface area (Å²) >= 11 is 0. The third-order valence-corrected chi connectivity index (χ3v) is 4.05. The van der Waals surface area contributed by atoms with Crippen molar-refractivity contribution in [3.8, 4) is 5.75 Å². The Morgan fingerprint density at radius 1 is 1.37 bits per heavy atom. The van der Waals surface area contributed by atoms with Crippen LogP contribution < -0.4 is 4.74 Å². The molecule has 1 N–H and O–H groups in total. The zero-order valence-corrected chi connectivity index (χ0v) is 11.9. The highest BCUT2D eigenvalue weighted by Gasteiger charge is 2.44. The monoisotopic (exact) mass is 264 g/mol. The maximum Gasteiger partial charge on any atom is 0.304 e. The highest BCUT2D eigenvalue weighted by atomic mass is 16.5. The van der Waals surface area contributed by atoms with Gasteiger partial charge in [-0.05, 0) is 49.1 Å². The summed E-state index contributed by atoms with van der Waals surface area (Å²) in [5.74, 6) is 0.0695. The van der Waals surface area contributed by atoms with Gasteiger partial charge in [0.25, 0.3) is 0 Å². The van der Waals surface area contributed by atoms with Gasteiger partial charge in [-0.15, -0.1) is 0 Å². The first kappa shape index (κ1) is 13.9. The molecule has 0 bridgehead atoms. The second-order valence-electron chi connectivity index (χ2n) is 5.36. The molecule has 1 saturated heterocycles. The van der Waals surface area contributed by atoms with E-state index in [9.17, 15) is 4.79 Å². The third kappa shape index (κ3) is 2.21. The second kappa shape index (κ2) is 4.85. The van der Waals surface area contributed by atoms with Crippen molar-refractivity contribution in [3.63, 3.8) is 0 Å². The smallest absolute Gasteiger partial charge is 0.304 e. The first-order valence-electron chi connectivity index (χ1n) is 6.36. The van der Waals surface area contributed by atoms with E-state index in [-0.39, 0.29) is 11.8 Å². The fourth-order valence-corrected chi connectivity index (χ4v) is 3.05. The Labute approximate surface area is 113 Å². The SMILES string of the molecule is COc1cc(C)c(C2(CC(=O)O)COC2)c(C)c1C. The first-order valence-corrected chi connectivity index (χ1v) is 6.36. The number of hydrogen-bond donors (Lipinski definition) is 1. The minimum Gasteiger partial charge on any atom is -0.496 e. The van der Waals surface area contributed by atoms with Crippen molar-refractivity contribution in [3.05, 3.63) is 28.3 Å². The summed E-state index contributed by atoms with van der Waals surface area (Å²) in [5, 5.41) is 9.15. The molecule has 0 aromatic heterocycles. The molecule has 2 rings (SSSR count). The van der Waals surface area contributed by atoms with Crippen molar-refractivity contribution in [2.45, 2.75) is 32.6 Å². The van der Waals surface area contributed by atoms with Crippen LogP contribution in [-0.2, 0) is 14.9 Å². The van der Waals surface area contributed by atoms with Crippen LogP contribution in [0, 0.1) is 20.8 Å². The van der Waals surface area contributed by atoms with Crippen LogP contribution in [0.25, 0.3) is 0 Å². The number of aliphatic carboxylic acids is 1. The zero-order chi connectivity index (χ0) is 14.2. The molecule has 1 aliphatic heterocycles. The Bertz CT molecular complexity index is 515. The summed E-state index contributed by atoms with van der Waals surface area (Å²) in [4.78, 5) is 11.1. The standard InChI is InChI=1S/C15H20O4/c1-9-5-12(18-4)10(2)11(3)14(9)15(6-13(16)17)7-19-8-15/h5H,6-8H2,1-4H3,(H,16,17). The molecule has 0 unspecified atom stereocenters. The van der Waals surface area contributed by atoms with Gasteiger partial charge in [0.15, 0.2) is 0 Å². The molecular formula is C15H20O4. The van der Waals surface area contributed by atoms with Crippen LogP contribution >= 0.6 is 0 Å². The van der Waals surface area contributed by atoms with E-state index in [0.29, 0.717) is 13.2 Å². The van der Waals surface area contributed by atoms with Gasteiger partial charge in [-0.3, -0.25) is 4.79 Å². The summed E-state index contributed by atoms with van der Waals surface area (Å²) in [6.07, 6.45) is 0.112. The Balaban J connectivity index is 2.55. The molecule has 0 radical (unpaired) electrons. The summed E-state index contributed by atoms with van der Waals surface area (Å²) in [5.41, 5.74) is 3.99. The van der Waals surface area contributed by atoms with Gasteiger partial charge >= 0.3 is 5.97 Å². The summed E-state index contributed by atoms with van der Waals surface area (Å²) in [6, 6.07) is 1.99. The maximum atomic E-state index is 11.1. The zero-order valence-electron chi connectivity index (χ0n) is 11.9. The molecule has 104 valence electrons. The predicted molar refractivity (Wildman–Crippen MR) is 72.0 cm³/mol. The molecule has 0 aliphatic carbocycles. The van der Waals surface area contributed by atoms with Gasteiger partial charge in [-0.2, -0.15) is 0 Å². The molecule has 0 spiro atoms. The maximum absolute atomic E-state index is 11.1. The van der Waals surface area contributed by atoms with Crippen molar-refractivity contribution < 1.29 is 19.4 Å². The van der Waals surface area contributed by atoms with Crippen molar-refractivity contribution in [2.24, 2.45) is 0 Å². The molecule has 1 aromatic carbocycles. The Hall–Kier alpha value is -1.55. The number of methoxy groups -OCH3 is 1. The average Bonchev–Trinajstić information content (AvgIpc) is 2.30. The van der Waals surface area contributed by atoms with E-state index in [1.165, 1.54) is 0 Å². The minimum absolute atomic E-state index is 0.112. The quantitative estimate of drug-likeness (QED) is 0.907. The molecule has 1 aromatic rings. The number of carboxylic acids is 1. The first-order chi connectivity index (χ1) is 8.91. The van der Waals surface area contributed by atoms with E-state index >= 15 is 0 Å². The van der Waals surface area contributed by atoms with Gasteiger partial charge < -0.3 is 14.6 Å². The Morgan fingerprint density at radius 3 is 2.42 bits per heavy atom. The number of aryl methyl sites for hydroxylation is 1. The normalized spacial score (nSPS) is 16.8. The number of hydrogen-bond acceptors (Lipinski definition) is 3. The third-order valence-electron chi connectivity index (χ3n) is 4.05. The second-order valence-corrected chi connectivity index (χ2v) is 5.36.